The molecule has 0 rings (SSSR count). The van der Waals surface area contributed by atoms with Crippen molar-refractivity contribution in [3.05, 3.63) is 0 Å². The second-order valence-corrected chi connectivity index (χ2v) is 18.9. The van der Waals surface area contributed by atoms with Gasteiger partial charge in [0.1, 0.15) is 11.8 Å². The van der Waals surface area contributed by atoms with E-state index in [-0.39, 0.29) is 18.6 Å². The van der Waals surface area contributed by atoms with E-state index < -0.39 is 29.7 Å². The van der Waals surface area contributed by atoms with Gasteiger partial charge < -0.3 is 10.8 Å². The van der Waals surface area contributed by atoms with E-state index in [4.69, 9.17) is 5.73 Å². The molecule has 0 aromatic rings. The first kappa shape index (κ1) is 59.2. The van der Waals surface area contributed by atoms with Crippen LogP contribution in [0, 0.1) is 5.92 Å². The lowest BCUT2D eigenvalue weighted by Crippen LogP contribution is -2.52. The zero-order chi connectivity index (χ0) is 44.9. The third kappa shape index (κ3) is 36.3. The van der Waals surface area contributed by atoms with Crippen LogP contribution >= 0.6 is 0 Å². The van der Waals surface area contributed by atoms with Crippen molar-refractivity contribution in [3.63, 3.8) is 0 Å². The van der Waals surface area contributed by atoms with Gasteiger partial charge in [-0.25, -0.2) is 4.79 Å². The van der Waals surface area contributed by atoms with Crippen LogP contribution in [0.1, 0.15) is 303 Å². The Morgan fingerprint density at radius 2 is 0.689 bits per heavy atom. The molecule has 0 aromatic carbocycles. The molecule has 3 N–H and O–H groups in total. The molecule has 0 spiro atoms. The van der Waals surface area contributed by atoms with Crippen LogP contribution in [0.15, 0.2) is 0 Å². The molecule has 0 saturated heterocycles. The minimum Gasteiger partial charge on any atom is -0.480 e. The fourth-order valence-corrected chi connectivity index (χ4v) is 8.98. The number of hydrogen-bond acceptors (Lipinski definition) is 5. The number of imide groups is 1. The molecule has 61 heavy (non-hydrogen) atoms. The van der Waals surface area contributed by atoms with E-state index >= 15 is 0 Å². The highest BCUT2D eigenvalue weighted by Gasteiger charge is 2.39. The van der Waals surface area contributed by atoms with Crippen molar-refractivity contribution >= 4 is 23.6 Å². The van der Waals surface area contributed by atoms with Gasteiger partial charge in [0.25, 0.3) is 0 Å². The normalized spacial score (nSPS) is 12.5. The average molecular weight is 861 g/mol. The Hall–Kier alpha value is -1.76. The predicted octanol–water partition coefficient (Wildman–Crippen LogP) is 16.2. The minimum absolute atomic E-state index is 0.110. The minimum atomic E-state index is -1.26. The summed E-state index contributed by atoms with van der Waals surface area (Å²) < 4.78 is 0. The first-order valence-electron chi connectivity index (χ1n) is 27.2. The Kier molecular flexibility index (Phi) is 44.9. The van der Waals surface area contributed by atoms with Crippen LogP contribution in [-0.2, 0) is 19.2 Å². The molecule has 2 amide bonds. The predicted molar refractivity (Wildman–Crippen MR) is 261 cm³/mol. The molecular formula is C54H104N2O5. The van der Waals surface area contributed by atoms with Crippen molar-refractivity contribution in [2.45, 2.75) is 309 Å². The fraction of sp³-hybridized carbons (Fsp3) is 0.926. The number of carbonyl (C=O) groups is 4. The summed E-state index contributed by atoms with van der Waals surface area (Å²) in [6.07, 6.45) is 47.8. The molecule has 0 fully saturated rings. The molecule has 0 aliphatic carbocycles. The average Bonchev–Trinajstić information content (AvgIpc) is 3.25. The van der Waals surface area contributed by atoms with Crippen molar-refractivity contribution < 1.29 is 24.3 Å². The second-order valence-electron chi connectivity index (χ2n) is 18.9. The maximum absolute atomic E-state index is 14.5. The van der Waals surface area contributed by atoms with E-state index in [1.807, 2.05) is 0 Å². The molecule has 0 aliphatic heterocycles. The van der Waals surface area contributed by atoms with Gasteiger partial charge in [-0.15, -0.1) is 0 Å². The van der Waals surface area contributed by atoms with E-state index in [0.717, 1.165) is 69.1 Å². The van der Waals surface area contributed by atoms with Gasteiger partial charge in [-0.05, 0) is 45.1 Å². The lowest BCUT2D eigenvalue weighted by molar-refractivity contribution is -0.161. The Labute approximate surface area is 379 Å². The smallest absolute Gasteiger partial charge is 0.326 e. The number of rotatable bonds is 49. The number of ketones is 1. The van der Waals surface area contributed by atoms with Crippen molar-refractivity contribution in [2.24, 2.45) is 11.7 Å². The monoisotopic (exact) mass is 861 g/mol. The largest absolute Gasteiger partial charge is 0.480 e. The number of amides is 2. The molecule has 0 bridgehead atoms. The van der Waals surface area contributed by atoms with Crippen molar-refractivity contribution in [2.75, 3.05) is 6.54 Å². The fourth-order valence-electron chi connectivity index (χ4n) is 8.98. The molecule has 7 nitrogen and oxygen atoms in total. The van der Waals surface area contributed by atoms with Crippen LogP contribution in [-0.4, -0.2) is 46.2 Å². The van der Waals surface area contributed by atoms with Gasteiger partial charge in [0, 0.05) is 12.8 Å². The van der Waals surface area contributed by atoms with Gasteiger partial charge in [-0.2, -0.15) is 0 Å². The van der Waals surface area contributed by atoms with Gasteiger partial charge >= 0.3 is 5.97 Å². The van der Waals surface area contributed by atoms with E-state index in [0.29, 0.717) is 38.6 Å². The third-order valence-corrected chi connectivity index (χ3v) is 13.1. The van der Waals surface area contributed by atoms with Crippen LogP contribution in [0.5, 0.6) is 0 Å². The Bertz CT molecular complexity index is 1000. The number of carbonyl (C=O) groups excluding carboxylic acids is 3. The molecule has 360 valence electrons. The first-order chi connectivity index (χ1) is 29.8. The number of Topliss-reactive ketones (excluding diaryl/α,β-unsaturated/α-hetero) is 1. The molecule has 0 heterocycles. The molecule has 2 atom stereocenters. The highest BCUT2D eigenvalue weighted by atomic mass is 16.4. The van der Waals surface area contributed by atoms with Crippen LogP contribution < -0.4 is 5.73 Å². The van der Waals surface area contributed by atoms with E-state index in [9.17, 15) is 24.3 Å². The number of carboxylic acids is 1. The molecule has 0 aromatic heterocycles. The van der Waals surface area contributed by atoms with Gasteiger partial charge in [0.2, 0.25) is 11.8 Å². The Morgan fingerprint density at radius 3 is 1.02 bits per heavy atom. The summed E-state index contributed by atoms with van der Waals surface area (Å²) in [6, 6.07) is -1.26. The van der Waals surface area contributed by atoms with Gasteiger partial charge in [-0.1, -0.05) is 252 Å². The Morgan fingerprint density at radius 1 is 0.393 bits per heavy atom. The topological polar surface area (TPSA) is 118 Å². The van der Waals surface area contributed by atoms with Crippen molar-refractivity contribution in [1.29, 1.82) is 0 Å². The molecule has 0 saturated carbocycles. The lowest BCUT2D eigenvalue weighted by Gasteiger charge is -2.30. The highest BCUT2D eigenvalue weighted by Crippen LogP contribution is 2.24. The van der Waals surface area contributed by atoms with Gasteiger partial charge in [0.05, 0.1) is 5.92 Å². The molecule has 2 unspecified atom stereocenters. The van der Waals surface area contributed by atoms with Crippen molar-refractivity contribution in [1.82, 2.24) is 4.90 Å². The zero-order valence-electron chi connectivity index (χ0n) is 41.1. The van der Waals surface area contributed by atoms with Crippen LogP contribution in [0.25, 0.3) is 0 Å². The van der Waals surface area contributed by atoms with Crippen molar-refractivity contribution in [3.8, 4) is 0 Å². The lowest BCUT2D eigenvalue weighted by atomic mass is 9.90. The summed E-state index contributed by atoms with van der Waals surface area (Å²) in [5.74, 6) is -3.23. The molecule has 0 radical (unpaired) electrons. The van der Waals surface area contributed by atoms with Gasteiger partial charge in [0.15, 0.2) is 0 Å². The molecule has 7 heteroatoms. The quantitative estimate of drug-likeness (QED) is 0.0465. The summed E-state index contributed by atoms with van der Waals surface area (Å²) in [5.41, 5.74) is 5.75. The SMILES string of the molecule is CCCCCCCCCCCCCCCC(=O)C(CCCCCCCCCCCCCC)C(=O)N(C(=O)CCCCCCCCCCCCCCC)C(CCCCN)C(=O)O. The van der Waals surface area contributed by atoms with E-state index in [1.165, 1.54) is 173 Å². The third-order valence-electron chi connectivity index (χ3n) is 13.1. The number of hydrogen-bond donors (Lipinski definition) is 2. The summed E-state index contributed by atoms with van der Waals surface area (Å²) in [7, 11) is 0. The van der Waals surface area contributed by atoms with Crippen LogP contribution in [0.2, 0.25) is 0 Å². The number of nitrogens with two attached hydrogens (primary N) is 1. The van der Waals surface area contributed by atoms with Crippen LogP contribution in [0.3, 0.4) is 0 Å². The summed E-state index contributed by atoms with van der Waals surface area (Å²) in [6.45, 7) is 7.19. The van der Waals surface area contributed by atoms with Gasteiger partial charge in [-0.3, -0.25) is 19.3 Å². The highest BCUT2D eigenvalue weighted by molar-refractivity contribution is 6.08. The first-order valence-corrected chi connectivity index (χ1v) is 27.2. The number of carboxylic acid groups (broad SMARTS) is 1. The van der Waals surface area contributed by atoms with Crippen LogP contribution in [0.4, 0.5) is 0 Å². The molecule has 0 aliphatic rings. The summed E-state index contributed by atoms with van der Waals surface area (Å²) in [4.78, 5) is 56.2. The standard InChI is InChI=1S/C54H104N2O5/c1-4-7-10-13-16-19-22-25-28-31-34-37-40-46-51(57)49(44-39-36-33-30-27-24-21-18-15-12-9-6-3)53(59)56(50(54(60)61)45-42-43-48-55)52(58)47-41-38-35-32-29-26-23-20-17-14-11-8-5-2/h49-50H,4-48,55H2,1-3H3,(H,60,61). The number of aliphatic carboxylic acids is 1. The Balaban J connectivity index is 5.35. The zero-order valence-corrected chi connectivity index (χ0v) is 41.1. The number of nitrogens with zero attached hydrogens (tertiary/aromatic N) is 1. The maximum atomic E-state index is 14.5. The number of unbranched alkanes of at least 4 members (excludes halogenated alkanes) is 36. The maximum Gasteiger partial charge on any atom is 0.326 e. The van der Waals surface area contributed by atoms with E-state index in [1.54, 1.807) is 0 Å². The van der Waals surface area contributed by atoms with E-state index in [2.05, 4.69) is 20.8 Å². The summed E-state index contributed by atoms with van der Waals surface area (Å²) >= 11 is 0. The summed E-state index contributed by atoms with van der Waals surface area (Å²) in [5, 5.41) is 10.4. The second kappa shape index (κ2) is 46.2. The molecular weight excluding hydrogens is 757 g/mol.